The highest BCUT2D eigenvalue weighted by Crippen LogP contribution is 2.24. The van der Waals surface area contributed by atoms with Crippen LogP contribution in [0.25, 0.3) is 0 Å². The maximum atomic E-state index is 12.4. The Hall–Kier alpha value is -3.07. The molecule has 8 nitrogen and oxygen atoms in total. The second kappa shape index (κ2) is 6.59. The molecule has 0 aromatic heterocycles. The maximum absolute atomic E-state index is 12.4. The number of aromatic hydroxyl groups is 1. The predicted molar refractivity (Wildman–Crippen MR) is 88.2 cm³/mol. The van der Waals surface area contributed by atoms with Crippen LogP contribution in [0.5, 0.6) is 5.75 Å². The van der Waals surface area contributed by atoms with E-state index in [0.717, 1.165) is 18.2 Å². The average Bonchev–Trinajstić information content (AvgIpc) is 2.46. The highest BCUT2D eigenvalue weighted by molar-refractivity contribution is 7.92. The number of sulfonamides is 1. The Kier molecular flexibility index (Phi) is 4.74. The molecular formula is C15H15N3O5S. The third-order valence-corrected chi connectivity index (χ3v) is 4.36. The van der Waals surface area contributed by atoms with Gasteiger partial charge in [0, 0.05) is 12.6 Å². The molecule has 0 atom stereocenters. The van der Waals surface area contributed by atoms with E-state index in [1.807, 2.05) is 0 Å². The highest BCUT2D eigenvalue weighted by atomic mass is 32.2. The van der Waals surface area contributed by atoms with Crippen LogP contribution in [0.3, 0.4) is 0 Å². The molecule has 9 heteroatoms. The topological polar surface area (TPSA) is 139 Å². The normalized spacial score (nSPS) is 10.9. The summed E-state index contributed by atoms with van der Waals surface area (Å²) < 4.78 is 27.1. The van der Waals surface area contributed by atoms with Crippen molar-refractivity contribution in [1.82, 2.24) is 0 Å². The molecule has 0 fully saturated rings. The van der Waals surface area contributed by atoms with Crippen molar-refractivity contribution < 1.29 is 23.1 Å². The monoisotopic (exact) mass is 349 g/mol. The molecule has 0 aliphatic rings. The molecule has 0 bridgehead atoms. The minimum atomic E-state index is -4.01. The van der Waals surface area contributed by atoms with Gasteiger partial charge in [-0.25, -0.2) is 8.42 Å². The lowest BCUT2D eigenvalue weighted by Gasteiger charge is -2.11. The van der Waals surface area contributed by atoms with Gasteiger partial charge in [-0.3, -0.25) is 14.3 Å². The molecule has 0 aliphatic heterocycles. The quantitative estimate of drug-likeness (QED) is 0.643. The first-order chi connectivity index (χ1) is 11.2. The van der Waals surface area contributed by atoms with Gasteiger partial charge in [0.25, 0.3) is 15.9 Å². The van der Waals surface area contributed by atoms with Crippen molar-refractivity contribution in [2.24, 2.45) is 5.73 Å². The van der Waals surface area contributed by atoms with Crippen LogP contribution in [0.15, 0.2) is 47.4 Å². The second-order valence-electron chi connectivity index (χ2n) is 4.91. The third-order valence-electron chi connectivity index (χ3n) is 2.98. The van der Waals surface area contributed by atoms with Gasteiger partial charge >= 0.3 is 0 Å². The lowest BCUT2D eigenvalue weighted by atomic mass is 10.2. The molecule has 0 spiro atoms. The zero-order valence-electron chi connectivity index (χ0n) is 12.6. The van der Waals surface area contributed by atoms with Crippen LogP contribution in [0.1, 0.15) is 17.3 Å². The van der Waals surface area contributed by atoms with E-state index in [4.69, 9.17) is 5.73 Å². The van der Waals surface area contributed by atoms with Crippen molar-refractivity contribution in [3.05, 3.63) is 48.0 Å². The lowest BCUT2D eigenvalue weighted by molar-refractivity contribution is -0.114. The first-order valence-corrected chi connectivity index (χ1v) is 8.20. The van der Waals surface area contributed by atoms with Gasteiger partial charge in [-0.2, -0.15) is 0 Å². The number of carbonyl (C=O) groups excluding carboxylic acids is 2. The van der Waals surface area contributed by atoms with E-state index in [-0.39, 0.29) is 22.1 Å². The number of nitrogens with one attached hydrogen (secondary N) is 2. The van der Waals surface area contributed by atoms with Crippen molar-refractivity contribution in [2.45, 2.75) is 11.8 Å². The first kappa shape index (κ1) is 17.3. The molecule has 0 saturated carbocycles. The lowest BCUT2D eigenvalue weighted by Crippen LogP contribution is -2.16. The fourth-order valence-corrected chi connectivity index (χ4v) is 3.03. The smallest absolute Gasteiger partial charge is 0.261 e. The summed E-state index contributed by atoms with van der Waals surface area (Å²) in [6, 6.07) is 9.30. The number of hydrogen-bond donors (Lipinski definition) is 4. The second-order valence-corrected chi connectivity index (χ2v) is 6.59. The molecule has 0 unspecified atom stereocenters. The van der Waals surface area contributed by atoms with E-state index < -0.39 is 21.7 Å². The van der Waals surface area contributed by atoms with Gasteiger partial charge < -0.3 is 16.2 Å². The minimum absolute atomic E-state index is 0.218. The zero-order valence-corrected chi connectivity index (χ0v) is 13.4. The number of phenols is 1. The summed E-state index contributed by atoms with van der Waals surface area (Å²) in [5.41, 5.74) is 5.43. The number of primary amides is 1. The molecule has 5 N–H and O–H groups in total. The molecule has 2 aromatic rings. The molecule has 2 amide bonds. The number of anilines is 2. The predicted octanol–water partition coefficient (Wildman–Crippen LogP) is 1.25. The van der Waals surface area contributed by atoms with Gasteiger partial charge in [0.1, 0.15) is 5.75 Å². The van der Waals surface area contributed by atoms with Gasteiger partial charge in [0.15, 0.2) is 0 Å². The Morgan fingerprint density at radius 1 is 1.08 bits per heavy atom. The van der Waals surface area contributed by atoms with Crippen LogP contribution >= 0.6 is 0 Å². The summed E-state index contributed by atoms with van der Waals surface area (Å²) in [6.45, 7) is 1.33. The van der Waals surface area contributed by atoms with Crippen LogP contribution in [0.4, 0.5) is 11.4 Å². The summed E-state index contributed by atoms with van der Waals surface area (Å²) in [4.78, 5) is 22.0. The Labute approximate surface area is 138 Å². The molecule has 0 heterocycles. The average molecular weight is 349 g/mol. The minimum Gasteiger partial charge on any atom is -0.507 e. The molecule has 126 valence electrons. The zero-order chi connectivity index (χ0) is 17.9. The van der Waals surface area contributed by atoms with E-state index in [2.05, 4.69) is 10.0 Å². The number of carbonyl (C=O) groups is 2. The molecule has 0 radical (unpaired) electrons. The van der Waals surface area contributed by atoms with Crippen molar-refractivity contribution in [1.29, 1.82) is 0 Å². The third kappa shape index (κ3) is 4.02. The van der Waals surface area contributed by atoms with Crippen LogP contribution in [0, 0.1) is 0 Å². The SMILES string of the molecule is CC(=O)Nc1cccc(NS(=O)(=O)c2ccc(O)c(C(N)=O)c2)c1. The van der Waals surface area contributed by atoms with Crippen LogP contribution < -0.4 is 15.8 Å². The van der Waals surface area contributed by atoms with Gasteiger partial charge in [-0.15, -0.1) is 0 Å². The molecule has 0 saturated heterocycles. The highest BCUT2D eigenvalue weighted by Gasteiger charge is 2.18. The summed E-state index contributed by atoms with van der Waals surface area (Å²) in [5.74, 6) is -1.65. The standard InChI is InChI=1S/C15H15N3O5S/c1-9(19)17-10-3-2-4-11(7-10)18-24(22,23)12-5-6-14(20)13(8-12)15(16)21/h2-8,18,20H,1H3,(H2,16,21)(H,17,19). The van der Waals surface area contributed by atoms with Crippen molar-refractivity contribution >= 4 is 33.2 Å². The van der Waals surface area contributed by atoms with Gasteiger partial charge in [-0.05, 0) is 36.4 Å². The van der Waals surface area contributed by atoms with Crippen molar-refractivity contribution in [2.75, 3.05) is 10.0 Å². The molecule has 2 rings (SSSR count). The van der Waals surface area contributed by atoms with Gasteiger partial charge in [0.2, 0.25) is 5.91 Å². The van der Waals surface area contributed by atoms with Crippen molar-refractivity contribution in [3.8, 4) is 5.75 Å². The molecular weight excluding hydrogens is 334 g/mol. The first-order valence-electron chi connectivity index (χ1n) is 6.72. The fraction of sp³-hybridized carbons (Fsp3) is 0.0667. The van der Waals surface area contributed by atoms with Crippen molar-refractivity contribution in [3.63, 3.8) is 0 Å². The summed E-state index contributed by atoms with van der Waals surface area (Å²) >= 11 is 0. The van der Waals surface area contributed by atoms with E-state index in [0.29, 0.717) is 5.69 Å². The van der Waals surface area contributed by atoms with E-state index in [1.54, 1.807) is 12.1 Å². The van der Waals surface area contributed by atoms with Crippen LogP contribution in [-0.4, -0.2) is 25.3 Å². The summed E-state index contributed by atoms with van der Waals surface area (Å²) in [5, 5.41) is 12.1. The van der Waals surface area contributed by atoms with E-state index >= 15 is 0 Å². The Bertz CT molecular complexity index is 909. The molecule has 0 aliphatic carbocycles. The Morgan fingerprint density at radius 3 is 2.38 bits per heavy atom. The molecule has 2 aromatic carbocycles. The number of benzene rings is 2. The summed E-state index contributed by atoms with van der Waals surface area (Å²) in [6.07, 6.45) is 0. The number of hydrogen-bond acceptors (Lipinski definition) is 5. The Morgan fingerprint density at radius 2 is 1.75 bits per heavy atom. The number of rotatable bonds is 5. The largest absolute Gasteiger partial charge is 0.507 e. The number of nitrogens with two attached hydrogens (primary N) is 1. The maximum Gasteiger partial charge on any atom is 0.261 e. The Balaban J connectivity index is 2.34. The summed E-state index contributed by atoms with van der Waals surface area (Å²) in [7, 11) is -4.01. The number of amides is 2. The van der Waals surface area contributed by atoms with Crippen LogP contribution in [-0.2, 0) is 14.8 Å². The van der Waals surface area contributed by atoms with Crippen LogP contribution in [0.2, 0.25) is 0 Å². The van der Waals surface area contributed by atoms with Gasteiger partial charge in [0.05, 0.1) is 16.1 Å². The fourth-order valence-electron chi connectivity index (χ4n) is 1.96. The van der Waals surface area contributed by atoms with Gasteiger partial charge in [-0.1, -0.05) is 6.07 Å². The molecule has 24 heavy (non-hydrogen) atoms. The van der Waals surface area contributed by atoms with E-state index in [1.165, 1.54) is 19.1 Å². The van der Waals surface area contributed by atoms with E-state index in [9.17, 15) is 23.1 Å².